The summed E-state index contributed by atoms with van der Waals surface area (Å²) in [6.45, 7) is 0.490. The molecule has 0 radical (unpaired) electrons. The molecule has 0 saturated heterocycles. The first-order valence-electron chi connectivity index (χ1n) is 5.78. The Labute approximate surface area is 116 Å². The number of hydrogen-bond donors (Lipinski definition) is 1. The third kappa shape index (κ3) is 3.23. The van der Waals surface area contributed by atoms with Crippen LogP contribution < -0.4 is 5.73 Å². The molecular formula is C14H14ClN3O. The first-order chi connectivity index (χ1) is 9.08. The van der Waals surface area contributed by atoms with E-state index in [-0.39, 0.29) is 11.7 Å². The van der Waals surface area contributed by atoms with Crippen molar-refractivity contribution in [3.05, 3.63) is 58.7 Å². The van der Waals surface area contributed by atoms with Gasteiger partial charge >= 0.3 is 0 Å². The lowest BCUT2D eigenvalue weighted by atomic mass is 10.2. The maximum Gasteiger partial charge on any atom is 0.257 e. The van der Waals surface area contributed by atoms with E-state index in [9.17, 15) is 4.79 Å². The molecule has 0 unspecified atom stereocenters. The van der Waals surface area contributed by atoms with Gasteiger partial charge in [-0.25, -0.2) is 4.98 Å². The molecular weight excluding hydrogens is 262 g/mol. The van der Waals surface area contributed by atoms with E-state index < -0.39 is 0 Å². The number of carbonyl (C=O) groups is 1. The van der Waals surface area contributed by atoms with Gasteiger partial charge in [-0.05, 0) is 29.8 Å². The molecule has 2 aromatic rings. The van der Waals surface area contributed by atoms with Crippen LogP contribution in [0.2, 0.25) is 5.02 Å². The number of pyridine rings is 1. The molecule has 0 aliphatic rings. The molecule has 1 amide bonds. The van der Waals surface area contributed by atoms with Crippen LogP contribution in [0.25, 0.3) is 0 Å². The highest BCUT2D eigenvalue weighted by molar-refractivity contribution is 6.30. The van der Waals surface area contributed by atoms with E-state index in [4.69, 9.17) is 17.3 Å². The Balaban J connectivity index is 2.12. The van der Waals surface area contributed by atoms with Crippen LogP contribution in [0.5, 0.6) is 0 Å². The lowest BCUT2D eigenvalue weighted by Gasteiger charge is -2.18. The van der Waals surface area contributed by atoms with Crippen LogP contribution in [0.1, 0.15) is 15.9 Å². The van der Waals surface area contributed by atoms with Gasteiger partial charge in [-0.3, -0.25) is 4.79 Å². The molecule has 98 valence electrons. The van der Waals surface area contributed by atoms with Gasteiger partial charge in [0.2, 0.25) is 0 Å². The maximum absolute atomic E-state index is 12.2. The van der Waals surface area contributed by atoms with Crippen molar-refractivity contribution in [1.29, 1.82) is 0 Å². The highest BCUT2D eigenvalue weighted by Gasteiger charge is 2.15. The van der Waals surface area contributed by atoms with Crippen LogP contribution in [0.3, 0.4) is 0 Å². The summed E-state index contributed by atoms with van der Waals surface area (Å²) in [5.41, 5.74) is 7.11. The van der Waals surface area contributed by atoms with Gasteiger partial charge < -0.3 is 10.6 Å². The van der Waals surface area contributed by atoms with Crippen LogP contribution in [-0.4, -0.2) is 22.8 Å². The third-order valence-corrected chi connectivity index (χ3v) is 3.00. The number of aromatic nitrogens is 1. The average Bonchev–Trinajstić information content (AvgIpc) is 2.41. The summed E-state index contributed by atoms with van der Waals surface area (Å²) in [6.07, 6.45) is 1.56. The molecule has 0 fully saturated rings. The molecule has 1 heterocycles. The number of carbonyl (C=O) groups excluding carboxylic acids is 1. The van der Waals surface area contributed by atoms with Crippen LogP contribution in [0.4, 0.5) is 5.82 Å². The predicted octanol–water partition coefficient (Wildman–Crippen LogP) is 2.59. The summed E-state index contributed by atoms with van der Waals surface area (Å²) in [7, 11) is 1.73. The number of amides is 1. The molecule has 0 saturated carbocycles. The Kier molecular flexibility index (Phi) is 4.02. The van der Waals surface area contributed by atoms with Gasteiger partial charge in [0.15, 0.2) is 0 Å². The van der Waals surface area contributed by atoms with Crippen molar-refractivity contribution in [2.24, 2.45) is 0 Å². The van der Waals surface area contributed by atoms with Gasteiger partial charge in [0.1, 0.15) is 5.82 Å². The minimum atomic E-state index is -0.152. The first kappa shape index (κ1) is 13.4. The van der Waals surface area contributed by atoms with Crippen LogP contribution >= 0.6 is 11.6 Å². The zero-order valence-corrected chi connectivity index (χ0v) is 11.3. The first-order valence-corrected chi connectivity index (χ1v) is 6.16. The van der Waals surface area contributed by atoms with Gasteiger partial charge in [0.25, 0.3) is 5.91 Å². The SMILES string of the molecule is CN(Cc1ccc(Cl)cc1)C(=O)c1cccnc1N. The van der Waals surface area contributed by atoms with E-state index in [1.165, 1.54) is 0 Å². The molecule has 2 N–H and O–H groups in total. The van der Waals surface area contributed by atoms with Crippen LogP contribution in [-0.2, 0) is 6.54 Å². The standard InChI is InChI=1S/C14H14ClN3O/c1-18(9-10-4-6-11(15)7-5-10)14(19)12-3-2-8-17-13(12)16/h2-8H,9H2,1H3,(H2,16,17). The minimum absolute atomic E-state index is 0.152. The molecule has 0 atom stereocenters. The van der Waals surface area contributed by atoms with Gasteiger partial charge in [-0.2, -0.15) is 0 Å². The van der Waals surface area contributed by atoms with Crippen molar-refractivity contribution < 1.29 is 4.79 Å². The van der Waals surface area contributed by atoms with E-state index in [0.29, 0.717) is 17.1 Å². The summed E-state index contributed by atoms with van der Waals surface area (Å²) in [4.78, 5) is 17.7. The number of halogens is 1. The summed E-state index contributed by atoms with van der Waals surface area (Å²) >= 11 is 5.82. The highest BCUT2D eigenvalue weighted by atomic mass is 35.5. The van der Waals surface area contributed by atoms with Gasteiger partial charge in [0.05, 0.1) is 5.56 Å². The van der Waals surface area contributed by atoms with Crippen molar-refractivity contribution in [3.63, 3.8) is 0 Å². The van der Waals surface area contributed by atoms with Crippen molar-refractivity contribution in [2.75, 3.05) is 12.8 Å². The Bertz CT molecular complexity index is 583. The van der Waals surface area contributed by atoms with Crippen LogP contribution in [0.15, 0.2) is 42.6 Å². The molecule has 1 aromatic heterocycles. The fraction of sp³-hybridized carbons (Fsp3) is 0.143. The summed E-state index contributed by atoms with van der Waals surface area (Å²) < 4.78 is 0. The van der Waals surface area contributed by atoms with E-state index in [1.54, 1.807) is 42.4 Å². The van der Waals surface area contributed by atoms with Crippen molar-refractivity contribution in [1.82, 2.24) is 9.88 Å². The number of anilines is 1. The van der Waals surface area contributed by atoms with Crippen molar-refractivity contribution in [3.8, 4) is 0 Å². The van der Waals surface area contributed by atoms with E-state index in [1.807, 2.05) is 12.1 Å². The minimum Gasteiger partial charge on any atom is -0.383 e. The fourth-order valence-corrected chi connectivity index (χ4v) is 1.87. The summed E-state index contributed by atoms with van der Waals surface area (Å²) in [6, 6.07) is 10.7. The number of nitrogen functional groups attached to an aromatic ring is 1. The molecule has 0 aliphatic carbocycles. The number of nitrogens with two attached hydrogens (primary N) is 1. The lowest BCUT2D eigenvalue weighted by Crippen LogP contribution is -2.27. The van der Waals surface area contributed by atoms with Gasteiger partial charge in [0, 0.05) is 24.8 Å². The monoisotopic (exact) mass is 275 g/mol. The predicted molar refractivity (Wildman–Crippen MR) is 75.9 cm³/mol. The molecule has 19 heavy (non-hydrogen) atoms. The Morgan fingerprint density at radius 1 is 1.32 bits per heavy atom. The van der Waals surface area contributed by atoms with Crippen molar-refractivity contribution in [2.45, 2.75) is 6.54 Å². The highest BCUT2D eigenvalue weighted by Crippen LogP contribution is 2.14. The van der Waals surface area contributed by atoms with E-state index in [2.05, 4.69) is 4.98 Å². The van der Waals surface area contributed by atoms with E-state index in [0.717, 1.165) is 5.56 Å². The summed E-state index contributed by atoms with van der Waals surface area (Å²) in [5, 5.41) is 0.675. The zero-order chi connectivity index (χ0) is 13.8. The molecule has 1 aromatic carbocycles. The second kappa shape index (κ2) is 5.71. The van der Waals surface area contributed by atoms with Gasteiger partial charge in [-0.1, -0.05) is 23.7 Å². The molecule has 0 spiro atoms. The number of hydrogen-bond acceptors (Lipinski definition) is 3. The number of nitrogens with zero attached hydrogens (tertiary/aromatic N) is 2. The maximum atomic E-state index is 12.2. The smallest absolute Gasteiger partial charge is 0.257 e. The number of benzene rings is 1. The summed E-state index contributed by atoms with van der Waals surface area (Å²) in [5.74, 6) is 0.0935. The average molecular weight is 276 g/mol. The second-order valence-corrected chi connectivity index (χ2v) is 4.66. The van der Waals surface area contributed by atoms with Gasteiger partial charge in [-0.15, -0.1) is 0 Å². The quantitative estimate of drug-likeness (QED) is 0.937. The zero-order valence-electron chi connectivity index (χ0n) is 10.5. The molecule has 0 aliphatic heterocycles. The molecule has 0 bridgehead atoms. The Hall–Kier alpha value is -2.07. The third-order valence-electron chi connectivity index (χ3n) is 2.75. The van der Waals surface area contributed by atoms with Crippen molar-refractivity contribution >= 4 is 23.3 Å². The Morgan fingerprint density at radius 2 is 2.00 bits per heavy atom. The number of rotatable bonds is 3. The normalized spacial score (nSPS) is 10.2. The van der Waals surface area contributed by atoms with Crippen LogP contribution in [0, 0.1) is 0 Å². The fourth-order valence-electron chi connectivity index (χ4n) is 1.74. The Morgan fingerprint density at radius 3 is 2.63 bits per heavy atom. The molecule has 5 heteroatoms. The van der Waals surface area contributed by atoms with E-state index >= 15 is 0 Å². The second-order valence-electron chi connectivity index (χ2n) is 4.22. The largest absolute Gasteiger partial charge is 0.383 e. The molecule has 2 rings (SSSR count). The lowest BCUT2D eigenvalue weighted by molar-refractivity contribution is 0.0786. The topological polar surface area (TPSA) is 59.2 Å². The molecule has 4 nitrogen and oxygen atoms in total.